The van der Waals surface area contributed by atoms with Crippen molar-refractivity contribution in [3.63, 3.8) is 0 Å². The van der Waals surface area contributed by atoms with Crippen LogP contribution in [0.1, 0.15) is 30.9 Å². The lowest BCUT2D eigenvalue weighted by Gasteiger charge is -2.13. The molecule has 0 aliphatic carbocycles. The van der Waals surface area contributed by atoms with Crippen molar-refractivity contribution >= 4 is 0 Å². The van der Waals surface area contributed by atoms with E-state index in [0.29, 0.717) is 25.7 Å². The summed E-state index contributed by atoms with van der Waals surface area (Å²) in [6, 6.07) is 8.67. The van der Waals surface area contributed by atoms with Crippen molar-refractivity contribution in [3.05, 3.63) is 35.4 Å². The predicted octanol–water partition coefficient (Wildman–Crippen LogP) is 2.56. The first kappa shape index (κ1) is 15.2. The number of ether oxygens (including phenoxy) is 2. The van der Waals surface area contributed by atoms with Crippen LogP contribution in [0.25, 0.3) is 0 Å². The second kappa shape index (κ2) is 9.09. The SMILES string of the molecule is CCNCC(C)c1ccc(COCCOC)cc1. The van der Waals surface area contributed by atoms with Gasteiger partial charge in [-0.15, -0.1) is 0 Å². The lowest BCUT2D eigenvalue weighted by atomic mass is 10.00. The van der Waals surface area contributed by atoms with E-state index in [1.54, 1.807) is 7.11 Å². The Kier molecular flexibility index (Phi) is 7.65. The summed E-state index contributed by atoms with van der Waals surface area (Å²) in [7, 11) is 1.68. The molecule has 0 saturated heterocycles. The molecule has 1 atom stereocenters. The molecule has 18 heavy (non-hydrogen) atoms. The smallest absolute Gasteiger partial charge is 0.0718 e. The maximum atomic E-state index is 5.49. The van der Waals surface area contributed by atoms with E-state index in [2.05, 4.69) is 43.4 Å². The molecule has 1 aromatic carbocycles. The average molecular weight is 251 g/mol. The third-order valence-corrected chi connectivity index (χ3v) is 2.95. The Hall–Kier alpha value is -0.900. The maximum Gasteiger partial charge on any atom is 0.0718 e. The van der Waals surface area contributed by atoms with E-state index in [1.807, 2.05) is 0 Å². The van der Waals surface area contributed by atoms with Gasteiger partial charge in [-0.1, -0.05) is 38.1 Å². The predicted molar refractivity (Wildman–Crippen MR) is 74.9 cm³/mol. The van der Waals surface area contributed by atoms with Crippen molar-refractivity contribution in [3.8, 4) is 0 Å². The minimum atomic E-state index is 0.549. The first-order valence-electron chi connectivity index (χ1n) is 6.64. The number of rotatable bonds is 9. The van der Waals surface area contributed by atoms with Crippen LogP contribution >= 0.6 is 0 Å². The Morgan fingerprint density at radius 3 is 2.50 bits per heavy atom. The highest BCUT2D eigenvalue weighted by Gasteiger charge is 2.04. The van der Waals surface area contributed by atoms with E-state index in [-0.39, 0.29) is 0 Å². The van der Waals surface area contributed by atoms with Crippen LogP contribution in [0.2, 0.25) is 0 Å². The van der Waals surface area contributed by atoms with Crippen molar-refractivity contribution < 1.29 is 9.47 Å². The fraction of sp³-hybridized carbons (Fsp3) is 0.600. The molecule has 0 fully saturated rings. The van der Waals surface area contributed by atoms with Crippen LogP contribution in [-0.2, 0) is 16.1 Å². The Morgan fingerprint density at radius 2 is 1.89 bits per heavy atom. The molecular formula is C15H25NO2. The molecule has 0 aliphatic heterocycles. The molecule has 102 valence electrons. The van der Waals surface area contributed by atoms with E-state index in [0.717, 1.165) is 13.1 Å². The van der Waals surface area contributed by atoms with Crippen molar-refractivity contribution in [2.75, 3.05) is 33.4 Å². The highest BCUT2D eigenvalue weighted by Crippen LogP contribution is 2.15. The molecule has 0 aliphatic rings. The maximum absolute atomic E-state index is 5.49. The molecule has 1 N–H and O–H groups in total. The molecule has 0 heterocycles. The molecular weight excluding hydrogens is 226 g/mol. The number of hydrogen-bond donors (Lipinski definition) is 1. The summed E-state index contributed by atoms with van der Waals surface area (Å²) in [5.41, 5.74) is 2.59. The molecule has 1 aromatic rings. The number of likely N-dealkylation sites (N-methyl/N-ethyl adjacent to an activating group) is 1. The van der Waals surface area contributed by atoms with Gasteiger partial charge in [-0.25, -0.2) is 0 Å². The summed E-state index contributed by atoms with van der Waals surface area (Å²) in [6.07, 6.45) is 0. The van der Waals surface area contributed by atoms with Gasteiger partial charge in [0.25, 0.3) is 0 Å². The van der Waals surface area contributed by atoms with Crippen molar-refractivity contribution in [1.82, 2.24) is 5.32 Å². The molecule has 1 unspecified atom stereocenters. The highest BCUT2D eigenvalue weighted by molar-refractivity contribution is 5.24. The average Bonchev–Trinajstić information content (AvgIpc) is 2.41. The Labute approximate surface area is 110 Å². The monoisotopic (exact) mass is 251 g/mol. The van der Waals surface area contributed by atoms with Crippen LogP contribution in [-0.4, -0.2) is 33.4 Å². The number of benzene rings is 1. The minimum absolute atomic E-state index is 0.549. The van der Waals surface area contributed by atoms with Crippen LogP contribution in [0.3, 0.4) is 0 Å². The van der Waals surface area contributed by atoms with E-state index >= 15 is 0 Å². The quantitative estimate of drug-likeness (QED) is 0.684. The molecule has 0 amide bonds. The second-order valence-corrected chi connectivity index (χ2v) is 4.50. The van der Waals surface area contributed by atoms with Gasteiger partial charge >= 0.3 is 0 Å². The normalized spacial score (nSPS) is 12.6. The van der Waals surface area contributed by atoms with Gasteiger partial charge in [0.15, 0.2) is 0 Å². The summed E-state index contributed by atoms with van der Waals surface area (Å²) in [4.78, 5) is 0. The van der Waals surface area contributed by atoms with Gasteiger partial charge < -0.3 is 14.8 Å². The van der Waals surface area contributed by atoms with Gasteiger partial charge in [0.2, 0.25) is 0 Å². The second-order valence-electron chi connectivity index (χ2n) is 4.50. The summed E-state index contributed by atoms with van der Waals surface area (Å²) in [5.74, 6) is 0.549. The van der Waals surface area contributed by atoms with E-state index in [9.17, 15) is 0 Å². The standard InChI is InChI=1S/C15H25NO2/c1-4-16-11-13(2)15-7-5-14(6-8-15)12-18-10-9-17-3/h5-8,13,16H,4,9-12H2,1-3H3. The topological polar surface area (TPSA) is 30.5 Å². The van der Waals surface area contributed by atoms with E-state index < -0.39 is 0 Å². The van der Waals surface area contributed by atoms with Crippen molar-refractivity contribution in [1.29, 1.82) is 0 Å². The first-order valence-corrected chi connectivity index (χ1v) is 6.64. The summed E-state index contributed by atoms with van der Waals surface area (Å²) in [6.45, 7) is 8.38. The van der Waals surface area contributed by atoms with Gasteiger partial charge in [0.05, 0.1) is 19.8 Å². The van der Waals surface area contributed by atoms with Crippen molar-refractivity contribution in [2.24, 2.45) is 0 Å². The Bertz CT molecular complexity index is 311. The van der Waals surface area contributed by atoms with Gasteiger partial charge in [0.1, 0.15) is 0 Å². The Morgan fingerprint density at radius 1 is 1.17 bits per heavy atom. The van der Waals surface area contributed by atoms with Crippen LogP contribution < -0.4 is 5.32 Å². The molecule has 0 spiro atoms. The van der Waals surface area contributed by atoms with Crippen LogP contribution in [0.4, 0.5) is 0 Å². The zero-order valence-corrected chi connectivity index (χ0v) is 11.7. The van der Waals surface area contributed by atoms with Crippen LogP contribution in [0.15, 0.2) is 24.3 Å². The fourth-order valence-corrected chi connectivity index (χ4v) is 1.75. The molecule has 0 bridgehead atoms. The lowest BCUT2D eigenvalue weighted by molar-refractivity contribution is 0.0616. The van der Waals surface area contributed by atoms with Crippen LogP contribution in [0, 0.1) is 0 Å². The Balaban J connectivity index is 2.37. The highest BCUT2D eigenvalue weighted by atomic mass is 16.5. The first-order chi connectivity index (χ1) is 8.77. The van der Waals surface area contributed by atoms with Gasteiger partial charge in [-0.2, -0.15) is 0 Å². The number of methoxy groups -OCH3 is 1. The molecule has 0 radical (unpaired) electrons. The largest absolute Gasteiger partial charge is 0.382 e. The van der Waals surface area contributed by atoms with Gasteiger partial charge in [-0.05, 0) is 23.6 Å². The summed E-state index contributed by atoms with van der Waals surface area (Å²) < 4.78 is 10.4. The van der Waals surface area contributed by atoms with Gasteiger partial charge in [-0.3, -0.25) is 0 Å². The van der Waals surface area contributed by atoms with Crippen LogP contribution in [0.5, 0.6) is 0 Å². The zero-order valence-electron chi connectivity index (χ0n) is 11.7. The van der Waals surface area contributed by atoms with Gasteiger partial charge in [0, 0.05) is 13.7 Å². The lowest BCUT2D eigenvalue weighted by Crippen LogP contribution is -2.19. The van der Waals surface area contributed by atoms with E-state index in [1.165, 1.54) is 11.1 Å². The third kappa shape index (κ3) is 5.63. The van der Waals surface area contributed by atoms with E-state index in [4.69, 9.17) is 9.47 Å². The molecule has 3 heteroatoms. The fourth-order valence-electron chi connectivity index (χ4n) is 1.75. The molecule has 0 saturated carbocycles. The molecule has 1 rings (SSSR count). The minimum Gasteiger partial charge on any atom is -0.382 e. The molecule has 3 nitrogen and oxygen atoms in total. The number of hydrogen-bond acceptors (Lipinski definition) is 3. The third-order valence-electron chi connectivity index (χ3n) is 2.95. The summed E-state index contributed by atoms with van der Waals surface area (Å²) in [5, 5.41) is 3.37. The molecule has 0 aromatic heterocycles. The zero-order chi connectivity index (χ0) is 13.2. The summed E-state index contributed by atoms with van der Waals surface area (Å²) >= 11 is 0. The number of nitrogens with one attached hydrogen (secondary N) is 1. The van der Waals surface area contributed by atoms with Crippen molar-refractivity contribution in [2.45, 2.75) is 26.4 Å².